The zero-order chi connectivity index (χ0) is 13.2. The van der Waals surface area contributed by atoms with Crippen molar-refractivity contribution in [3.8, 4) is 0 Å². The van der Waals surface area contributed by atoms with Crippen LogP contribution in [0.2, 0.25) is 0 Å². The van der Waals surface area contributed by atoms with Crippen LogP contribution in [-0.4, -0.2) is 6.54 Å². The lowest BCUT2D eigenvalue weighted by molar-refractivity contribution is 0.152. The summed E-state index contributed by atoms with van der Waals surface area (Å²) in [5.74, 6) is 0.594. The SMILES string of the molecule is CC1CCCC(CN)(Cc2ccc(Br)cc2F)C1. The molecule has 0 heterocycles. The third kappa shape index (κ3) is 3.12. The van der Waals surface area contributed by atoms with Crippen molar-refractivity contribution in [3.63, 3.8) is 0 Å². The van der Waals surface area contributed by atoms with Gasteiger partial charge in [0.1, 0.15) is 5.82 Å². The number of benzene rings is 1. The molecule has 0 spiro atoms. The molecule has 2 rings (SSSR count). The molecule has 0 aromatic heterocycles. The Hall–Kier alpha value is -0.410. The molecule has 2 N–H and O–H groups in total. The lowest BCUT2D eigenvalue weighted by Crippen LogP contribution is -2.37. The van der Waals surface area contributed by atoms with Crippen molar-refractivity contribution in [2.45, 2.75) is 39.0 Å². The van der Waals surface area contributed by atoms with Gasteiger partial charge in [0.05, 0.1) is 0 Å². The van der Waals surface area contributed by atoms with Crippen LogP contribution in [-0.2, 0) is 6.42 Å². The lowest BCUT2D eigenvalue weighted by Gasteiger charge is -2.39. The van der Waals surface area contributed by atoms with Crippen molar-refractivity contribution >= 4 is 15.9 Å². The number of nitrogens with two attached hydrogens (primary N) is 1. The van der Waals surface area contributed by atoms with Crippen LogP contribution in [0.3, 0.4) is 0 Å². The average Bonchev–Trinajstić information content (AvgIpc) is 2.33. The second-order valence-electron chi connectivity index (χ2n) is 5.82. The van der Waals surface area contributed by atoms with Gasteiger partial charge in [0.2, 0.25) is 0 Å². The molecule has 18 heavy (non-hydrogen) atoms. The first-order valence-corrected chi connectivity index (χ1v) is 7.48. The summed E-state index contributed by atoms with van der Waals surface area (Å²) in [6.45, 7) is 2.94. The Morgan fingerprint density at radius 3 is 2.89 bits per heavy atom. The highest BCUT2D eigenvalue weighted by Gasteiger charge is 2.34. The van der Waals surface area contributed by atoms with Gasteiger partial charge in [-0.05, 0) is 54.8 Å². The zero-order valence-electron chi connectivity index (χ0n) is 10.9. The van der Waals surface area contributed by atoms with Gasteiger partial charge >= 0.3 is 0 Å². The molecule has 100 valence electrons. The molecular formula is C15H21BrFN. The average molecular weight is 314 g/mol. The van der Waals surface area contributed by atoms with Crippen LogP contribution >= 0.6 is 15.9 Å². The first kappa shape index (κ1) is 14.0. The standard InChI is InChI=1S/C15H21BrFN/c1-11-3-2-6-15(8-11,10-18)9-12-4-5-13(16)7-14(12)17/h4-5,7,11H,2-3,6,8-10,18H2,1H3. The first-order valence-electron chi connectivity index (χ1n) is 6.69. The zero-order valence-corrected chi connectivity index (χ0v) is 12.5. The van der Waals surface area contributed by atoms with E-state index in [0.29, 0.717) is 12.5 Å². The second-order valence-corrected chi connectivity index (χ2v) is 6.73. The Bertz CT molecular complexity index is 421. The minimum absolute atomic E-state index is 0.104. The lowest BCUT2D eigenvalue weighted by atomic mass is 9.67. The smallest absolute Gasteiger partial charge is 0.127 e. The van der Waals surface area contributed by atoms with Gasteiger partial charge in [-0.3, -0.25) is 0 Å². The van der Waals surface area contributed by atoms with Gasteiger partial charge in [-0.25, -0.2) is 4.39 Å². The molecule has 1 aliphatic carbocycles. The monoisotopic (exact) mass is 313 g/mol. The molecule has 0 amide bonds. The van der Waals surface area contributed by atoms with Crippen molar-refractivity contribution in [1.82, 2.24) is 0 Å². The molecule has 3 heteroatoms. The van der Waals surface area contributed by atoms with Crippen molar-refractivity contribution in [2.24, 2.45) is 17.1 Å². The van der Waals surface area contributed by atoms with E-state index >= 15 is 0 Å². The molecule has 2 unspecified atom stereocenters. The second kappa shape index (κ2) is 5.70. The maximum absolute atomic E-state index is 13.9. The maximum atomic E-state index is 13.9. The van der Waals surface area contributed by atoms with Gasteiger partial charge in [-0.15, -0.1) is 0 Å². The van der Waals surface area contributed by atoms with Gasteiger partial charge in [0, 0.05) is 4.47 Å². The van der Waals surface area contributed by atoms with Crippen LogP contribution in [0.4, 0.5) is 4.39 Å². The summed E-state index contributed by atoms with van der Waals surface area (Å²) in [6.07, 6.45) is 5.52. The highest BCUT2D eigenvalue weighted by Crippen LogP contribution is 2.41. The van der Waals surface area contributed by atoms with Crippen LogP contribution in [0.15, 0.2) is 22.7 Å². The van der Waals surface area contributed by atoms with Crippen LogP contribution < -0.4 is 5.73 Å². The maximum Gasteiger partial charge on any atom is 0.127 e. The molecular weight excluding hydrogens is 293 g/mol. The fraction of sp³-hybridized carbons (Fsp3) is 0.600. The molecule has 1 aromatic rings. The minimum Gasteiger partial charge on any atom is -0.330 e. The van der Waals surface area contributed by atoms with Crippen LogP contribution in [0.25, 0.3) is 0 Å². The van der Waals surface area contributed by atoms with Crippen LogP contribution in [0.5, 0.6) is 0 Å². The summed E-state index contributed by atoms with van der Waals surface area (Å²) in [6, 6.07) is 5.34. The van der Waals surface area contributed by atoms with E-state index in [-0.39, 0.29) is 11.2 Å². The van der Waals surface area contributed by atoms with E-state index in [4.69, 9.17) is 5.73 Å². The Morgan fingerprint density at radius 1 is 1.50 bits per heavy atom. The summed E-state index contributed by atoms with van der Waals surface area (Å²) in [7, 11) is 0. The fourth-order valence-electron chi connectivity index (χ4n) is 3.26. The predicted octanol–water partition coefficient (Wildman–Crippen LogP) is 4.29. The van der Waals surface area contributed by atoms with E-state index in [1.54, 1.807) is 6.07 Å². The van der Waals surface area contributed by atoms with E-state index < -0.39 is 0 Å². The molecule has 1 saturated carbocycles. The van der Waals surface area contributed by atoms with Crippen molar-refractivity contribution in [3.05, 3.63) is 34.1 Å². The molecule has 0 radical (unpaired) electrons. The summed E-state index contributed by atoms with van der Waals surface area (Å²) in [4.78, 5) is 0. The Morgan fingerprint density at radius 2 is 2.28 bits per heavy atom. The number of rotatable bonds is 3. The third-order valence-electron chi connectivity index (χ3n) is 4.20. The topological polar surface area (TPSA) is 26.0 Å². The van der Waals surface area contributed by atoms with E-state index in [1.165, 1.54) is 12.8 Å². The van der Waals surface area contributed by atoms with Gasteiger partial charge in [0.25, 0.3) is 0 Å². The number of hydrogen-bond donors (Lipinski definition) is 1. The van der Waals surface area contributed by atoms with E-state index in [1.807, 2.05) is 12.1 Å². The first-order chi connectivity index (χ1) is 8.54. The van der Waals surface area contributed by atoms with Gasteiger partial charge in [-0.1, -0.05) is 41.8 Å². The molecule has 0 saturated heterocycles. The largest absolute Gasteiger partial charge is 0.330 e. The van der Waals surface area contributed by atoms with Crippen LogP contribution in [0.1, 0.15) is 38.2 Å². The van der Waals surface area contributed by atoms with Crippen molar-refractivity contribution in [1.29, 1.82) is 0 Å². The van der Waals surface area contributed by atoms with Gasteiger partial charge in [-0.2, -0.15) is 0 Å². The quantitative estimate of drug-likeness (QED) is 0.885. The highest BCUT2D eigenvalue weighted by molar-refractivity contribution is 9.10. The summed E-state index contributed by atoms with van der Waals surface area (Å²) in [5.41, 5.74) is 6.90. The Kier molecular flexibility index (Phi) is 4.44. The fourth-order valence-corrected chi connectivity index (χ4v) is 3.59. The molecule has 0 bridgehead atoms. The molecule has 1 nitrogen and oxygen atoms in total. The summed E-state index contributed by atoms with van der Waals surface area (Å²) < 4.78 is 14.7. The summed E-state index contributed by atoms with van der Waals surface area (Å²) in [5, 5.41) is 0. The molecule has 0 aliphatic heterocycles. The van der Waals surface area contributed by atoms with Gasteiger partial charge < -0.3 is 5.73 Å². The number of hydrogen-bond acceptors (Lipinski definition) is 1. The Labute approximate surface area is 117 Å². The van der Waals surface area contributed by atoms with E-state index in [9.17, 15) is 4.39 Å². The molecule has 2 atom stereocenters. The molecule has 1 fully saturated rings. The van der Waals surface area contributed by atoms with Crippen LogP contribution in [0, 0.1) is 17.2 Å². The van der Waals surface area contributed by atoms with Crippen molar-refractivity contribution in [2.75, 3.05) is 6.54 Å². The number of halogens is 2. The highest BCUT2D eigenvalue weighted by atomic mass is 79.9. The molecule has 1 aliphatic rings. The van der Waals surface area contributed by atoms with Gasteiger partial charge in [0.15, 0.2) is 0 Å². The predicted molar refractivity (Wildman–Crippen MR) is 76.9 cm³/mol. The Balaban J connectivity index is 2.19. The third-order valence-corrected chi connectivity index (χ3v) is 4.69. The molecule has 1 aromatic carbocycles. The minimum atomic E-state index is -0.115. The summed E-state index contributed by atoms with van der Waals surface area (Å²) >= 11 is 3.30. The van der Waals surface area contributed by atoms with Crippen molar-refractivity contribution < 1.29 is 4.39 Å². The van der Waals surface area contributed by atoms with E-state index in [0.717, 1.165) is 29.3 Å². The normalized spacial score (nSPS) is 28.3. The van der Waals surface area contributed by atoms with E-state index in [2.05, 4.69) is 22.9 Å².